The van der Waals surface area contributed by atoms with E-state index >= 15 is 0 Å². The molecule has 0 radical (unpaired) electrons. The van der Waals surface area contributed by atoms with E-state index in [1.165, 1.54) is 0 Å². The minimum absolute atomic E-state index is 0.0150. The zero-order valence-corrected chi connectivity index (χ0v) is 20.1. The summed E-state index contributed by atoms with van der Waals surface area (Å²) in [5, 5.41) is 0. The molecule has 2 atom stereocenters. The van der Waals surface area contributed by atoms with E-state index in [4.69, 9.17) is 4.98 Å². The number of imidazole rings is 1. The lowest BCUT2D eigenvalue weighted by Crippen LogP contribution is -2.49. The topological polar surface area (TPSA) is 89.6 Å². The molecule has 4 aromatic rings. The zero-order chi connectivity index (χ0) is 25.1. The van der Waals surface area contributed by atoms with Gasteiger partial charge in [0.2, 0.25) is 5.91 Å². The number of amides is 3. The number of hydrogen-bond acceptors (Lipinski definition) is 4. The maximum absolute atomic E-state index is 13.6. The van der Waals surface area contributed by atoms with Crippen LogP contribution in [0.5, 0.6) is 0 Å². The Labute approximate surface area is 213 Å². The van der Waals surface area contributed by atoms with Gasteiger partial charge in [0, 0.05) is 30.6 Å². The lowest BCUT2D eigenvalue weighted by Gasteiger charge is -2.41. The van der Waals surface area contributed by atoms with Gasteiger partial charge in [-0.15, -0.1) is 0 Å². The number of carbonyl (C=O) groups is 3. The summed E-state index contributed by atoms with van der Waals surface area (Å²) in [6.45, 7) is 0.881. The molecule has 1 aromatic heterocycles. The first kappa shape index (κ1) is 21.8. The minimum atomic E-state index is -0.552. The fraction of sp³-hybridized carbons (Fsp3) is 0.241. The van der Waals surface area contributed by atoms with Crippen LogP contribution in [0.4, 0.5) is 5.69 Å². The molecule has 7 rings (SSSR count). The molecule has 184 valence electrons. The highest BCUT2D eigenvalue weighted by molar-refractivity contribution is 6.16. The van der Waals surface area contributed by atoms with Crippen molar-refractivity contribution in [3.8, 4) is 0 Å². The number of nitrogens with zero attached hydrogens (tertiary/aromatic N) is 4. The van der Waals surface area contributed by atoms with Gasteiger partial charge in [-0.1, -0.05) is 42.5 Å². The Morgan fingerprint density at radius 2 is 1.68 bits per heavy atom. The van der Waals surface area contributed by atoms with Crippen LogP contribution in [0.1, 0.15) is 63.6 Å². The molecule has 8 heteroatoms. The molecule has 0 bridgehead atoms. The smallest absolute Gasteiger partial charge is 0.260 e. The number of rotatable bonds is 4. The molecule has 0 spiro atoms. The van der Waals surface area contributed by atoms with Crippen LogP contribution in [0, 0.1) is 0 Å². The Bertz CT molecular complexity index is 1540. The minimum Gasteiger partial charge on any atom is -0.340 e. The number of H-pyrrole nitrogens is 1. The van der Waals surface area contributed by atoms with Gasteiger partial charge >= 0.3 is 0 Å². The Hall–Kier alpha value is -4.46. The second-order valence-electron chi connectivity index (χ2n) is 9.79. The first-order valence-electron chi connectivity index (χ1n) is 12.7. The lowest BCUT2D eigenvalue weighted by molar-refractivity contribution is -0.132. The van der Waals surface area contributed by atoms with Crippen LogP contribution in [0.25, 0.3) is 11.0 Å². The number of hydrogen-bond donors (Lipinski definition) is 1. The molecular formula is C29H25N5O3. The van der Waals surface area contributed by atoms with Crippen LogP contribution in [0.15, 0.2) is 72.8 Å². The van der Waals surface area contributed by atoms with Crippen molar-refractivity contribution < 1.29 is 14.4 Å². The van der Waals surface area contributed by atoms with Crippen molar-refractivity contribution in [2.24, 2.45) is 0 Å². The van der Waals surface area contributed by atoms with E-state index in [2.05, 4.69) is 4.98 Å². The maximum atomic E-state index is 13.6. The number of nitrogens with one attached hydrogen (secondary N) is 1. The zero-order valence-electron chi connectivity index (χ0n) is 20.1. The first-order chi connectivity index (χ1) is 18.1. The van der Waals surface area contributed by atoms with Gasteiger partial charge in [-0.2, -0.15) is 0 Å². The van der Waals surface area contributed by atoms with Crippen LogP contribution >= 0.6 is 0 Å². The predicted octanol–water partition coefficient (Wildman–Crippen LogP) is 4.43. The Morgan fingerprint density at radius 1 is 0.919 bits per heavy atom. The van der Waals surface area contributed by atoms with E-state index in [0.717, 1.165) is 35.3 Å². The second-order valence-corrected chi connectivity index (χ2v) is 9.79. The lowest BCUT2D eigenvalue weighted by atomic mass is 10.0. The summed E-state index contributed by atoms with van der Waals surface area (Å²) < 4.78 is 0. The van der Waals surface area contributed by atoms with Gasteiger partial charge in [0.05, 0.1) is 28.3 Å². The van der Waals surface area contributed by atoms with Crippen molar-refractivity contribution in [3.63, 3.8) is 0 Å². The van der Waals surface area contributed by atoms with E-state index in [1.807, 2.05) is 59.5 Å². The number of aromatic amines is 1. The summed E-state index contributed by atoms with van der Waals surface area (Å²) in [5.41, 5.74) is 4.33. The Morgan fingerprint density at radius 3 is 2.54 bits per heavy atom. The molecule has 3 aromatic carbocycles. The van der Waals surface area contributed by atoms with E-state index < -0.39 is 6.17 Å². The van der Waals surface area contributed by atoms with Crippen molar-refractivity contribution in [1.29, 1.82) is 0 Å². The van der Waals surface area contributed by atoms with Crippen LogP contribution in [-0.2, 0) is 4.79 Å². The number of fused-ring (bicyclic) bond motifs is 6. The number of para-hydroxylation sites is 3. The van der Waals surface area contributed by atoms with E-state index in [9.17, 15) is 14.4 Å². The van der Waals surface area contributed by atoms with Crippen LogP contribution in [0.2, 0.25) is 0 Å². The summed E-state index contributed by atoms with van der Waals surface area (Å²) in [4.78, 5) is 53.9. The average Bonchev–Trinajstić information content (AvgIpc) is 3.65. The molecular weight excluding hydrogens is 466 g/mol. The first-order valence-corrected chi connectivity index (χ1v) is 12.7. The van der Waals surface area contributed by atoms with Gasteiger partial charge in [0.25, 0.3) is 11.8 Å². The van der Waals surface area contributed by atoms with E-state index in [-0.39, 0.29) is 36.7 Å². The summed E-state index contributed by atoms with van der Waals surface area (Å²) in [6, 6.07) is 22.4. The van der Waals surface area contributed by atoms with Gasteiger partial charge in [0.1, 0.15) is 12.0 Å². The molecule has 1 fully saturated rings. The third kappa shape index (κ3) is 3.28. The monoisotopic (exact) mass is 491 g/mol. The Balaban J connectivity index is 1.17. The quantitative estimate of drug-likeness (QED) is 0.457. The van der Waals surface area contributed by atoms with Gasteiger partial charge in [0.15, 0.2) is 0 Å². The second kappa shape index (κ2) is 8.30. The van der Waals surface area contributed by atoms with E-state index in [0.29, 0.717) is 23.4 Å². The highest BCUT2D eigenvalue weighted by Gasteiger charge is 2.47. The molecule has 3 aliphatic rings. The third-order valence-corrected chi connectivity index (χ3v) is 7.75. The number of aromatic nitrogens is 2. The highest BCUT2D eigenvalue weighted by Crippen LogP contribution is 2.45. The number of carbonyl (C=O) groups excluding carboxylic acids is 3. The fourth-order valence-electron chi connectivity index (χ4n) is 6.04. The highest BCUT2D eigenvalue weighted by atomic mass is 16.2. The van der Waals surface area contributed by atoms with Crippen molar-refractivity contribution >= 4 is 34.4 Å². The summed E-state index contributed by atoms with van der Waals surface area (Å²) in [6.07, 6.45) is 1.37. The van der Waals surface area contributed by atoms with Crippen molar-refractivity contribution in [2.45, 2.75) is 31.5 Å². The summed E-state index contributed by atoms with van der Waals surface area (Å²) in [5.74, 6) is 0.501. The molecule has 1 N–H and O–H groups in total. The normalized spacial score (nSPS) is 20.4. The van der Waals surface area contributed by atoms with Crippen molar-refractivity contribution in [2.75, 3.05) is 18.0 Å². The summed E-state index contributed by atoms with van der Waals surface area (Å²) >= 11 is 0. The standard InChI is InChI=1S/C29H25N5O3/c35-25(32-16-7-14-24(32)26-30-21-11-4-5-12-22(21)31-26)15-17-33-27-18-8-1-2-9-19(18)29(37)34(27)23-13-6-3-10-20(23)28(33)36/h1-6,8-13,24,27H,7,14-17H2,(H,30,31)/t24-,27?/m0/s1. The number of benzene rings is 3. The molecule has 1 unspecified atom stereocenters. The van der Waals surface area contributed by atoms with Gasteiger partial charge < -0.3 is 14.8 Å². The van der Waals surface area contributed by atoms with Crippen LogP contribution in [-0.4, -0.2) is 50.6 Å². The molecule has 3 aliphatic heterocycles. The molecule has 1 saturated heterocycles. The third-order valence-electron chi connectivity index (χ3n) is 7.75. The largest absolute Gasteiger partial charge is 0.340 e. The molecule has 4 heterocycles. The maximum Gasteiger partial charge on any atom is 0.260 e. The molecule has 8 nitrogen and oxygen atoms in total. The van der Waals surface area contributed by atoms with Crippen molar-refractivity contribution in [3.05, 3.63) is 95.3 Å². The van der Waals surface area contributed by atoms with E-state index in [1.54, 1.807) is 28.0 Å². The number of anilines is 1. The van der Waals surface area contributed by atoms with Crippen LogP contribution < -0.4 is 4.90 Å². The van der Waals surface area contributed by atoms with Gasteiger partial charge in [-0.3, -0.25) is 19.3 Å². The average molecular weight is 492 g/mol. The molecule has 3 amide bonds. The van der Waals surface area contributed by atoms with Gasteiger partial charge in [-0.25, -0.2) is 4.98 Å². The Kier molecular flexibility index (Phi) is 4.89. The SMILES string of the molecule is O=C1c2ccccc2N2C(=O)c3ccccc3C2N1CCC(=O)N1CCC[C@H]1c1nc2ccccc2[nH]1. The number of likely N-dealkylation sites (tertiary alicyclic amines) is 1. The molecule has 0 saturated carbocycles. The predicted molar refractivity (Wildman–Crippen MR) is 138 cm³/mol. The van der Waals surface area contributed by atoms with Gasteiger partial charge in [-0.05, 0) is 43.2 Å². The molecule has 37 heavy (non-hydrogen) atoms. The van der Waals surface area contributed by atoms with Crippen LogP contribution in [0.3, 0.4) is 0 Å². The fourth-order valence-corrected chi connectivity index (χ4v) is 6.04. The van der Waals surface area contributed by atoms with Crippen molar-refractivity contribution in [1.82, 2.24) is 19.8 Å². The summed E-state index contributed by atoms with van der Waals surface area (Å²) in [7, 11) is 0. The molecule has 0 aliphatic carbocycles.